The van der Waals surface area contributed by atoms with E-state index in [4.69, 9.17) is 0 Å². The number of pyridine rings is 1. The molecule has 4 nitrogen and oxygen atoms in total. The summed E-state index contributed by atoms with van der Waals surface area (Å²) in [6, 6.07) is 4.51. The van der Waals surface area contributed by atoms with E-state index in [9.17, 15) is 5.11 Å². The van der Waals surface area contributed by atoms with Gasteiger partial charge in [0, 0.05) is 38.1 Å². The molecule has 2 rings (SSSR count). The van der Waals surface area contributed by atoms with Crippen molar-refractivity contribution in [2.24, 2.45) is 0 Å². The van der Waals surface area contributed by atoms with E-state index in [0.717, 1.165) is 25.2 Å². The Balaban J connectivity index is 2.13. The third kappa shape index (κ3) is 2.83. The Bertz CT molecular complexity index is 344. The summed E-state index contributed by atoms with van der Waals surface area (Å²) in [6.45, 7) is 5.48. The number of hydrogen-bond acceptors (Lipinski definition) is 4. The second-order valence-corrected chi connectivity index (χ2v) is 4.83. The molecule has 0 bridgehead atoms. The highest BCUT2D eigenvalue weighted by atomic mass is 16.3. The maximum Gasteiger partial charge on any atom is 0.0629 e. The van der Waals surface area contributed by atoms with Crippen LogP contribution in [0.4, 0.5) is 0 Å². The van der Waals surface area contributed by atoms with E-state index in [1.165, 1.54) is 0 Å². The van der Waals surface area contributed by atoms with Crippen molar-refractivity contribution in [2.45, 2.75) is 19.0 Å². The summed E-state index contributed by atoms with van der Waals surface area (Å²) in [4.78, 5) is 8.84. The van der Waals surface area contributed by atoms with Crippen molar-refractivity contribution in [3.63, 3.8) is 0 Å². The molecule has 1 fully saturated rings. The lowest BCUT2D eigenvalue weighted by molar-refractivity contribution is 0.0340. The van der Waals surface area contributed by atoms with Crippen LogP contribution in [0.2, 0.25) is 0 Å². The highest BCUT2D eigenvalue weighted by Crippen LogP contribution is 2.23. The lowest BCUT2D eigenvalue weighted by Gasteiger charge is -2.42. The summed E-state index contributed by atoms with van der Waals surface area (Å²) in [5.41, 5.74) is 1.10. The van der Waals surface area contributed by atoms with E-state index in [1.807, 2.05) is 18.3 Å². The smallest absolute Gasteiger partial charge is 0.0629 e. The molecule has 4 heteroatoms. The molecule has 1 saturated heterocycles. The van der Waals surface area contributed by atoms with Crippen molar-refractivity contribution in [3.05, 3.63) is 30.1 Å². The van der Waals surface area contributed by atoms with Gasteiger partial charge in [-0.05, 0) is 25.6 Å². The van der Waals surface area contributed by atoms with Crippen LogP contribution in [0, 0.1) is 0 Å². The van der Waals surface area contributed by atoms with Crippen LogP contribution in [0.3, 0.4) is 0 Å². The van der Waals surface area contributed by atoms with Crippen LogP contribution >= 0.6 is 0 Å². The Morgan fingerprint density at radius 3 is 2.94 bits per heavy atom. The van der Waals surface area contributed by atoms with Crippen molar-refractivity contribution >= 4 is 0 Å². The average molecular weight is 235 g/mol. The molecule has 1 aliphatic rings. The minimum atomic E-state index is 0.0763. The number of likely N-dealkylation sites (N-methyl/N-ethyl adjacent to an activating group) is 1. The third-order valence-electron chi connectivity index (χ3n) is 3.52. The molecule has 1 aromatic rings. The van der Waals surface area contributed by atoms with Gasteiger partial charge in [0.15, 0.2) is 0 Å². The fourth-order valence-corrected chi connectivity index (χ4v) is 2.59. The van der Waals surface area contributed by atoms with Crippen LogP contribution in [0.25, 0.3) is 0 Å². The largest absolute Gasteiger partial charge is 0.394 e. The van der Waals surface area contributed by atoms with E-state index in [-0.39, 0.29) is 12.6 Å². The number of rotatable bonds is 3. The first-order valence-corrected chi connectivity index (χ1v) is 6.17. The van der Waals surface area contributed by atoms with Crippen LogP contribution in [-0.2, 0) is 0 Å². The summed E-state index contributed by atoms with van der Waals surface area (Å²) >= 11 is 0. The van der Waals surface area contributed by atoms with Gasteiger partial charge in [0.05, 0.1) is 12.6 Å². The first-order valence-electron chi connectivity index (χ1n) is 6.17. The molecule has 1 aliphatic heterocycles. The maximum atomic E-state index is 9.63. The van der Waals surface area contributed by atoms with Gasteiger partial charge in [-0.1, -0.05) is 6.07 Å². The van der Waals surface area contributed by atoms with Gasteiger partial charge in [0.1, 0.15) is 0 Å². The SMILES string of the molecule is CC1CN(C)CCN1C(CO)c1cccnc1. The second kappa shape index (κ2) is 5.58. The Labute approximate surface area is 103 Å². The van der Waals surface area contributed by atoms with Crippen molar-refractivity contribution in [2.75, 3.05) is 33.3 Å². The number of hydrogen-bond donors (Lipinski definition) is 1. The quantitative estimate of drug-likeness (QED) is 0.839. The Morgan fingerprint density at radius 1 is 1.53 bits per heavy atom. The Hall–Kier alpha value is -0.970. The van der Waals surface area contributed by atoms with Gasteiger partial charge in [-0.25, -0.2) is 0 Å². The molecule has 0 saturated carbocycles. The minimum absolute atomic E-state index is 0.0763. The van der Waals surface area contributed by atoms with Gasteiger partial charge in [-0.2, -0.15) is 0 Å². The fourth-order valence-electron chi connectivity index (χ4n) is 2.59. The summed E-state index contributed by atoms with van der Waals surface area (Å²) < 4.78 is 0. The molecule has 0 aromatic carbocycles. The fraction of sp³-hybridized carbons (Fsp3) is 0.615. The molecule has 2 heterocycles. The lowest BCUT2D eigenvalue weighted by Crippen LogP contribution is -2.52. The van der Waals surface area contributed by atoms with E-state index < -0.39 is 0 Å². The molecule has 0 spiro atoms. The van der Waals surface area contributed by atoms with Gasteiger partial charge in [-0.15, -0.1) is 0 Å². The van der Waals surface area contributed by atoms with E-state index in [0.29, 0.717) is 6.04 Å². The topological polar surface area (TPSA) is 39.6 Å². The zero-order valence-corrected chi connectivity index (χ0v) is 10.6. The van der Waals surface area contributed by atoms with Crippen molar-refractivity contribution in [1.82, 2.24) is 14.8 Å². The van der Waals surface area contributed by atoms with E-state index >= 15 is 0 Å². The molecular weight excluding hydrogens is 214 g/mol. The average Bonchev–Trinajstić information content (AvgIpc) is 2.34. The zero-order chi connectivity index (χ0) is 12.3. The highest BCUT2D eigenvalue weighted by molar-refractivity contribution is 5.14. The number of piperazine rings is 1. The standard InChI is InChI=1S/C13H21N3O/c1-11-9-15(2)6-7-16(11)13(10-17)12-4-3-5-14-8-12/h3-5,8,11,13,17H,6-7,9-10H2,1-2H3. The van der Waals surface area contributed by atoms with Crippen molar-refractivity contribution in [1.29, 1.82) is 0 Å². The number of nitrogens with zero attached hydrogens (tertiary/aromatic N) is 3. The van der Waals surface area contributed by atoms with Crippen LogP contribution in [0.15, 0.2) is 24.5 Å². The van der Waals surface area contributed by atoms with E-state index in [2.05, 4.69) is 28.8 Å². The molecule has 0 radical (unpaired) electrons. The van der Waals surface area contributed by atoms with Gasteiger partial charge in [0.2, 0.25) is 0 Å². The molecular formula is C13H21N3O. The molecule has 17 heavy (non-hydrogen) atoms. The van der Waals surface area contributed by atoms with E-state index in [1.54, 1.807) is 6.20 Å². The maximum absolute atomic E-state index is 9.63. The molecule has 94 valence electrons. The monoisotopic (exact) mass is 235 g/mol. The van der Waals surface area contributed by atoms with Crippen LogP contribution in [-0.4, -0.2) is 59.2 Å². The van der Waals surface area contributed by atoms with Gasteiger partial charge < -0.3 is 10.0 Å². The lowest BCUT2D eigenvalue weighted by atomic mass is 10.0. The predicted octanol–water partition coefficient (Wildman–Crippen LogP) is 0.751. The molecule has 0 amide bonds. The summed E-state index contributed by atoms with van der Waals surface area (Å²) in [7, 11) is 2.14. The van der Waals surface area contributed by atoms with Crippen LogP contribution in [0.5, 0.6) is 0 Å². The van der Waals surface area contributed by atoms with Crippen LogP contribution < -0.4 is 0 Å². The first-order chi connectivity index (χ1) is 8.22. The summed E-state index contributed by atoms with van der Waals surface area (Å²) in [6.07, 6.45) is 3.62. The summed E-state index contributed by atoms with van der Waals surface area (Å²) in [5, 5.41) is 9.63. The first kappa shape index (κ1) is 12.5. The van der Waals surface area contributed by atoms with Crippen LogP contribution in [0.1, 0.15) is 18.5 Å². The van der Waals surface area contributed by atoms with Gasteiger partial charge in [-0.3, -0.25) is 9.88 Å². The summed E-state index contributed by atoms with van der Waals surface area (Å²) in [5.74, 6) is 0. The molecule has 0 aliphatic carbocycles. The molecule has 1 N–H and O–H groups in total. The Morgan fingerprint density at radius 2 is 2.35 bits per heavy atom. The normalized spacial score (nSPS) is 24.8. The Kier molecular flexibility index (Phi) is 4.10. The number of aliphatic hydroxyl groups is 1. The molecule has 1 aromatic heterocycles. The zero-order valence-electron chi connectivity index (χ0n) is 10.6. The molecule has 2 atom stereocenters. The minimum Gasteiger partial charge on any atom is -0.394 e. The van der Waals surface area contributed by atoms with Gasteiger partial charge >= 0.3 is 0 Å². The highest BCUT2D eigenvalue weighted by Gasteiger charge is 2.28. The number of aliphatic hydroxyl groups excluding tert-OH is 1. The van der Waals surface area contributed by atoms with Crippen molar-refractivity contribution in [3.8, 4) is 0 Å². The second-order valence-electron chi connectivity index (χ2n) is 4.83. The molecule has 2 unspecified atom stereocenters. The number of aromatic nitrogens is 1. The van der Waals surface area contributed by atoms with Crippen molar-refractivity contribution < 1.29 is 5.11 Å². The third-order valence-corrected chi connectivity index (χ3v) is 3.52. The predicted molar refractivity (Wildman–Crippen MR) is 67.7 cm³/mol. The van der Waals surface area contributed by atoms with Gasteiger partial charge in [0.25, 0.3) is 0 Å².